The minimum Gasteiger partial charge on any atom is -0.496 e. The number of aryl methyl sites for hydroxylation is 1. The van der Waals surface area contributed by atoms with Gasteiger partial charge >= 0.3 is 0 Å². The average Bonchev–Trinajstić information content (AvgIpc) is 3.03. The summed E-state index contributed by atoms with van der Waals surface area (Å²) >= 11 is 0. The van der Waals surface area contributed by atoms with E-state index in [1.54, 1.807) is 7.11 Å². The lowest BCUT2D eigenvalue weighted by atomic mass is 9.91. The summed E-state index contributed by atoms with van der Waals surface area (Å²) in [6.45, 7) is 5.87. The summed E-state index contributed by atoms with van der Waals surface area (Å²) in [4.78, 5) is 12.4. The lowest BCUT2D eigenvalue weighted by Gasteiger charge is -2.17. The third-order valence-corrected chi connectivity index (χ3v) is 3.74. The highest BCUT2D eigenvalue weighted by Gasteiger charge is 2.47. The Labute approximate surface area is 102 Å². The van der Waals surface area contributed by atoms with Gasteiger partial charge in [-0.25, -0.2) is 0 Å². The molecule has 1 aliphatic carbocycles. The van der Waals surface area contributed by atoms with Gasteiger partial charge in [-0.1, -0.05) is 0 Å². The molecule has 0 unspecified atom stereocenters. The van der Waals surface area contributed by atoms with Crippen molar-refractivity contribution in [1.29, 1.82) is 0 Å². The normalized spacial score (nSPS) is 16.8. The summed E-state index contributed by atoms with van der Waals surface area (Å²) in [5.74, 6) is 0.914. The Morgan fingerprint density at radius 2 is 1.88 bits per heavy atom. The SMILES string of the molecule is COc1cc(C)c(C(=O)C2(N)CC2)c(C)c1C. The van der Waals surface area contributed by atoms with Gasteiger partial charge in [0.2, 0.25) is 0 Å². The molecule has 1 aromatic rings. The Morgan fingerprint density at radius 1 is 1.29 bits per heavy atom. The molecule has 0 radical (unpaired) electrons. The molecule has 0 spiro atoms. The molecule has 0 atom stereocenters. The topological polar surface area (TPSA) is 52.3 Å². The molecule has 0 heterocycles. The van der Waals surface area contributed by atoms with E-state index < -0.39 is 5.54 Å². The first kappa shape index (κ1) is 12.1. The Kier molecular flexibility index (Phi) is 2.74. The molecular formula is C14H19NO2. The van der Waals surface area contributed by atoms with Crippen LogP contribution in [-0.4, -0.2) is 18.4 Å². The van der Waals surface area contributed by atoms with Gasteiger partial charge < -0.3 is 10.5 Å². The Balaban J connectivity index is 2.55. The molecule has 2 rings (SSSR count). The fourth-order valence-corrected chi connectivity index (χ4v) is 2.22. The molecule has 0 amide bonds. The lowest BCUT2D eigenvalue weighted by Crippen LogP contribution is -2.34. The number of ether oxygens (including phenoxy) is 1. The highest BCUT2D eigenvalue weighted by molar-refractivity contribution is 6.07. The summed E-state index contributed by atoms with van der Waals surface area (Å²) in [6.07, 6.45) is 1.60. The molecule has 3 heteroatoms. The fraction of sp³-hybridized carbons (Fsp3) is 0.500. The first-order valence-electron chi connectivity index (χ1n) is 5.89. The van der Waals surface area contributed by atoms with Crippen molar-refractivity contribution in [2.24, 2.45) is 5.73 Å². The third-order valence-electron chi connectivity index (χ3n) is 3.74. The first-order chi connectivity index (χ1) is 7.90. The van der Waals surface area contributed by atoms with Crippen LogP contribution < -0.4 is 10.5 Å². The van der Waals surface area contributed by atoms with Crippen molar-refractivity contribution < 1.29 is 9.53 Å². The van der Waals surface area contributed by atoms with Crippen LogP contribution >= 0.6 is 0 Å². The summed E-state index contributed by atoms with van der Waals surface area (Å²) in [5, 5.41) is 0. The summed E-state index contributed by atoms with van der Waals surface area (Å²) in [6, 6.07) is 1.92. The van der Waals surface area contributed by atoms with Crippen molar-refractivity contribution in [2.75, 3.05) is 7.11 Å². The average molecular weight is 233 g/mol. The molecule has 3 nitrogen and oxygen atoms in total. The molecule has 1 aliphatic rings. The number of Topliss-reactive ketones (excluding diaryl/α,β-unsaturated/α-hetero) is 1. The van der Waals surface area contributed by atoms with Crippen molar-refractivity contribution in [3.8, 4) is 5.75 Å². The van der Waals surface area contributed by atoms with E-state index in [9.17, 15) is 4.79 Å². The van der Waals surface area contributed by atoms with Crippen LogP contribution in [0.2, 0.25) is 0 Å². The molecule has 0 aromatic heterocycles. The van der Waals surface area contributed by atoms with Crippen molar-refractivity contribution in [1.82, 2.24) is 0 Å². The number of carbonyl (C=O) groups is 1. The lowest BCUT2D eigenvalue weighted by molar-refractivity contribution is 0.0948. The molecule has 92 valence electrons. The van der Waals surface area contributed by atoms with Crippen LogP contribution in [0, 0.1) is 20.8 Å². The number of ketones is 1. The Morgan fingerprint density at radius 3 is 2.35 bits per heavy atom. The largest absolute Gasteiger partial charge is 0.496 e. The minimum atomic E-state index is -0.601. The van der Waals surface area contributed by atoms with E-state index in [0.29, 0.717) is 0 Å². The van der Waals surface area contributed by atoms with Crippen LogP contribution in [0.1, 0.15) is 39.9 Å². The van der Waals surface area contributed by atoms with Crippen LogP contribution in [0.25, 0.3) is 0 Å². The van der Waals surface area contributed by atoms with Crippen LogP contribution in [0.15, 0.2) is 6.07 Å². The smallest absolute Gasteiger partial charge is 0.183 e. The second-order valence-corrected chi connectivity index (χ2v) is 5.01. The predicted octanol–water partition coefficient (Wildman–Crippen LogP) is 2.29. The van der Waals surface area contributed by atoms with Crippen molar-refractivity contribution in [3.05, 3.63) is 28.3 Å². The molecule has 0 bridgehead atoms. The van der Waals surface area contributed by atoms with E-state index >= 15 is 0 Å². The number of nitrogens with two attached hydrogens (primary N) is 1. The quantitative estimate of drug-likeness (QED) is 0.815. The van der Waals surface area contributed by atoms with E-state index in [0.717, 1.165) is 40.8 Å². The third kappa shape index (κ3) is 1.84. The maximum absolute atomic E-state index is 12.4. The van der Waals surface area contributed by atoms with Gasteiger partial charge in [0.05, 0.1) is 12.6 Å². The molecule has 0 saturated heterocycles. The molecule has 0 aliphatic heterocycles. The molecule has 1 saturated carbocycles. The summed E-state index contributed by atoms with van der Waals surface area (Å²) < 4.78 is 5.30. The van der Waals surface area contributed by atoms with Gasteiger partial charge in [0.15, 0.2) is 5.78 Å². The predicted molar refractivity (Wildman–Crippen MR) is 67.7 cm³/mol. The maximum atomic E-state index is 12.4. The van der Waals surface area contributed by atoms with Gasteiger partial charge in [-0.3, -0.25) is 4.79 Å². The summed E-state index contributed by atoms with van der Waals surface area (Å²) in [5.41, 5.74) is 9.14. The number of rotatable bonds is 3. The van der Waals surface area contributed by atoms with E-state index in [2.05, 4.69) is 0 Å². The van der Waals surface area contributed by atoms with Crippen molar-refractivity contribution in [2.45, 2.75) is 39.2 Å². The molecule has 1 aromatic carbocycles. The molecular weight excluding hydrogens is 214 g/mol. The maximum Gasteiger partial charge on any atom is 0.183 e. The number of methoxy groups -OCH3 is 1. The van der Waals surface area contributed by atoms with Gasteiger partial charge in [0, 0.05) is 5.56 Å². The van der Waals surface area contributed by atoms with Gasteiger partial charge in [-0.2, -0.15) is 0 Å². The Bertz CT molecular complexity index is 487. The minimum absolute atomic E-state index is 0.0817. The number of hydrogen-bond acceptors (Lipinski definition) is 3. The summed E-state index contributed by atoms with van der Waals surface area (Å²) in [7, 11) is 1.65. The van der Waals surface area contributed by atoms with E-state index in [4.69, 9.17) is 10.5 Å². The molecule has 17 heavy (non-hydrogen) atoms. The Hall–Kier alpha value is -1.35. The number of carbonyl (C=O) groups excluding carboxylic acids is 1. The molecule has 2 N–H and O–H groups in total. The van der Waals surface area contributed by atoms with Gasteiger partial charge in [0.25, 0.3) is 0 Å². The zero-order chi connectivity index (χ0) is 12.8. The fourth-order valence-electron chi connectivity index (χ4n) is 2.22. The van der Waals surface area contributed by atoms with Crippen LogP contribution in [-0.2, 0) is 0 Å². The first-order valence-corrected chi connectivity index (χ1v) is 5.89. The van der Waals surface area contributed by atoms with Crippen molar-refractivity contribution >= 4 is 5.78 Å². The molecule has 1 fully saturated rings. The highest BCUT2D eigenvalue weighted by Crippen LogP contribution is 2.38. The van der Waals surface area contributed by atoms with Gasteiger partial charge in [-0.15, -0.1) is 0 Å². The van der Waals surface area contributed by atoms with E-state index in [1.807, 2.05) is 26.8 Å². The van der Waals surface area contributed by atoms with Gasteiger partial charge in [-0.05, 0) is 56.4 Å². The van der Waals surface area contributed by atoms with E-state index in [-0.39, 0.29) is 5.78 Å². The van der Waals surface area contributed by atoms with Crippen LogP contribution in [0.3, 0.4) is 0 Å². The van der Waals surface area contributed by atoms with Crippen LogP contribution in [0.4, 0.5) is 0 Å². The number of hydrogen-bond donors (Lipinski definition) is 1. The monoisotopic (exact) mass is 233 g/mol. The van der Waals surface area contributed by atoms with Gasteiger partial charge in [0.1, 0.15) is 5.75 Å². The zero-order valence-electron chi connectivity index (χ0n) is 10.9. The highest BCUT2D eigenvalue weighted by atomic mass is 16.5. The van der Waals surface area contributed by atoms with Crippen LogP contribution in [0.5, 0.6) is 5.75 Å². The van der Waals surface area contributed by atoms with Crippen molar-refractivity contribution in [3.63, 3.8) is 0 Å². The van der Waals surface area contributed by atoms with E-state index in [1.165, 1.54) is 0 Å². The zero-order valence-corrected chi connectivity index (χ0v) is 10.9. The number of benzene rings is 1. The second kappa shape index (κ2) is 3.84. The second-order valence-electron chi connectivity index (χ2n) is 5.01. The standard InChI is InChI=1S/C14H19NO2/c1-8-7-11(17-4)9(2)10(3)12(8)13(16)14(15)5-6-14/h7H,5-6,15H2,1-4H3.